The van der Waals surface area contributed by atoms with Crippen molar-refractivity contribution in [1.82, 2.24) is 10.1 Å². The third kappa shape index (κ3) is 2.55. The first-order chi connectivity index (χ1) is 8.10. The molecule has 0 fully saturated rings. The largest absolute Gasteiger partial charge is 0.466 e. The molecule has 2 aromatic heterocycles. The summed E-state index contributed by atoms with van der Waals surface area (Å²) in [7, 11) is 0. The molecule has 0 radical (unpaired) electrons. The summed E-state index contributed by atoms with van der Waals surface area (Å²) in [6.07, 6.45) is 1.53. The number of nitrogens with two attached hydrogens (primary N) is 1. The Morgan fingerprint density at radius 1 is 1.41 bits per heavy atom. The summed E-state index contributed by atoms with van der Waals surface area (Å²) >= 11 is 0. The summed E-state index contributed by atoms with van der Waals surface area (Å²) in [6.45, 7) is 5.81. The smallest absolute Gasteiger partial charge is 0.261 e. The molecule has 0 aliphatic rings. The van der Waals surface area contributed by atoms with Gasteiger partial charge in [-0.25, -0.2) is 0 Å². The van der Waals surface area contributed by atoms with Crippen molar-refractivity contribution in [3.63, 3.8) is 0 Å². The van der Waals surface area contributed by atoms with E-state index < -0.39 is 0 Å². The van der Waals surface area contributed by atoms with E-state index in [1.165, 1.54) is 0 Å². The Morgan fingerprint density at radius 2 is 2.18 bits per heavy atom. The lowest BCUT2D eigenvalue weighted by molar-refractivity contribution is 0.417. The first kappa shape index (κ1) is 11.9. The van der Waals surface area contributed by atoms with Crippen LogP contribution in [-0.4, -0.2) is 16.2 Å². The van der Waals surface area contributed by atoms with Crippen LogP contribution in [0.2, 0.25) is 0 Å². The third-order valence-corrected chi connectivity index (χ3v) is 2.71. The van der Waals surface area contributed by atoms with Gasteiger partial charge in [-0.15, -0.1) is 0 Å². The van der Waals surface area contributed by atoms with Gasteiger partial charge in [-0.3, -0.25) is 0 Å². The Hall–Kier alpha value is -1.62. The van der Waals surface area contributed by atoms with Crippen LogP contribution in [0.4, 0.5) is 0 Å². The maximum Gasteiger partial charge on any atom is 0.261 e. The van der Waals surface area contributed by atoms with Crippen molar-refractivity contribution in [3.05, 3.63) is 23.4 Å². The highest BCUT2D eigenvalue weighted by Crippen LogP contribution is 2.24. The molecule has 0 saturated carbocycles. The van der Waals surface area contributed by atoms with E-state index in [2.05, 4.69) is 10.1 Å². The van der Waals surface area contributed by atoms with Gasteiger partial charge in [-0.1, -0.05) is 12.1 Å². The molecule has 17 heavy (non-hydrogen) atoms. The Kier molecular flexibility index (Phi) is 3.28. The van der Waals surface area contributed by atoms with Gasteiger partial charge in [0.05, 0.1) is 5.56 Å². The van der Waals surface area contributed by atoms with Crippen LogP contribution in [0.5, 0.6) is 0 Å². The number of aryl methyl sites for hydroxylation is 2. The number of hydrogen-bond acceptors (Lipinski definition) is 5. The lowest BCUT2D eigenvalue weighted by Gasteiger charge is -2.02. The number of nitrogens with zero attached hydrogens (tertiary/aromatic N) is 2. The lowest BCUT2D eigenvalue weighted by atomic mass is 10.1. The predicted molar refractivity (Wildman–Crippen MR) is 63.4 cm³/mol. The molecular weight excluding hydrogens is 218 g/mol. The van der Waals surface area contributed by atoms with Gasteiger partial charge < -0.3 is 14.7 Å². The van der Waals surface area contributed by atoms with Crippen molar-refractivity contribution in [3.8, 4) is 11.5 Å². The van der Waals surface area contributed by atoms with E-state index in [1.54, 1.807) is 0 Å². The standard InChI is InChI=1S/C12H17N3O2/c1-4-9(13)6-11-14-12(17-15-11)10-5-7(2)16-8(10)3/h5,9H,4,6,13H2,1-3H3. The van der Waals surface area contributed by atoms with Crippen LogP contribution in [0, 0.1) is 13.8 Å². The molecule has 0 amide bonds. The number of furan rings is 1. The molecule has 2 N–H and O–H groups in total. The van der Waals surface area contributed by atoms with Crippen LogP contribution in [-0.2, 0) is 6.42 Å². The second-order valence-corrected chi connectivity index (χ2v) is 4.22. The fourth-order valence-corrected chi connectivity index (χ4v) is 1.67. The van der Waals surface area contributed by atoms with Gasteiger partial charge in [-0.05, 0) is 26.3 Å². The summed E-state index contributed by atoms with van der Waals surface area (Å²) in [5, 5.41) is 3.92. The van der Waals surface area contributed by atoms with Crippen LogP contribution in [0.25, 0.3) is 11.5 Å². The zero-order chi connectivity index (χ0) is 12.4. The minimum absolute atomic E-state index is 0.0765. The Bertz CT molecular complexity index is 502. The zero-order valence-electron chi connectivity index (χ0n) is 10.4. The molecule has 2 aromatic rings. The van der Waals surface area contributed by atoms with Gasteiger partial charge in [-0.2, -0.15) is 4.98 Å². The fourth-order valence-electron chi connectivity index (χ4n) is 1.67. The zero-order valence-corrected chi connectivity index (χ0v) is 10.4. The van der Waals surface area contributed by atoms with Crippen molar-refractivity contribution >= 4 is 0 Å². The maximum atomic E-state index is 5.85. The van der Waals surface area contributed by atoms with E-state index in [4.69, 9.17) is 14.7 Å². The molecule has 0 saturated heterocycles. The molecule has 0 spiro atoms. The van der Waals surface area contributed by atoms with Gasteiger partial charge in [0.15, 0.2) is 5.82 Å². The van der Waals surface area contributed by atoms with E-state index in [-0.39, 0.29) is 6.04 Å². The molecule has 1 unspecified atom stereocenters. The van der Waals surface area contributed by atoms with E-state index >= 15 is 0 Å². The van der Waals surface area contributed by atoms with Gasteiger partial charge in [0, 0.05) is 12.5 Å². The number of rotatable bonds is 4. The molecule has 1 atom stereocenters. The molecule has 0 bridgehead atoms. The van der Waals surface area contributed by atoms with Crippen molar-refractivity contribution in [2.75, 3.05) is 0 Å². The summed E-state index contributed by atoms with van der Waals surface area (Å²) in [6, 6.07) is 1.97. The number of hydrogen-bond donors (Lipinski definition) is 1. The van der Waals surface area contributed by atoms with Crippen molar-refractivity contribution in [1.29, 1.82) is 0 Å². The molecule has 92 valence electrons. The minimum atomic E-state index is 0.0765. The lowest BCUT2D eigenvalue weighted by Crippen LogP contribution is -2.21. The second-order valence-electron chi connectivity index (χ2n) is 4.22. The van der Waals surface area contributed by atoms with Crippen LogP contribution in [0.1, 0.15) is 30.7 Å². The summed E-state index contributed by atoms with van der Waals surface area (Å²) in [5.74, 6) is 2.77. The van der Waals surface area contributed by atoms with Gasteiger partial charge >= 0.3 is 0 Å². The molecular formula is C12H17N3O2. The SMILES string of the molecule is CCC(N)Cc1noc(-c2cc(C)oc2C)n1. The average Bonchev–Trinajstić information content (AvgIpc) is 2.85. The predicted octanol–water partition coefficient (Wildman–Crippen LogP) is 2.23. The number of aromatic nitrogens is 2. The van der Waals surface area contributed by atoms with Crippen molar-refractivity contribution < 1.29 is 8.94 Å². The highest BCUT2D eigenvalue weighted by molar-refractivity contribution is 5.55. The summed E-state index contributed by atoms with van der Waals surface area (Å²) in [5.41, 5.74) is 6.70. The normalized spacial score (nSPS) is 12.9. The maximum absolute atomic E-state index is 5.85. The first-order valence-corrected chi connectivity index (χ1v) is 5.75. The fraction of sp³-hybridized carbons (Fsp3) is 0.500. The highest BCUT2D eigenvalue weighted by Gasteiger charge is 2.15. The molecule has 0 aromatic carbocycles. The van der Waals surface area contributed by atoms with Crippen LogP contribution in [0.3, 0.4) is 0 Å². The van der Waals surface area contributed by atoms with Crippen molar-refractivity contribution in [2.24, 2.45) is 5.73 Å². The first-order valence-electron chi connectivity index (χ1n) is 5.75. The highest BCUT2D eigenvalue weighted by atomic mass is 16.5. The van der Waals surface area contributed by atoms with Crippen LogP contribution < -0.4 is 5.73 Å². The Balaban J connectivity index is 2.21. The third-order valence-electron chi connectivity index (χ3n) is 2.71. The molecule has 0 aliphatic heterocycles. The van der Waals surface area contributed by atoms with Gasteiger partial charge in [0.2, 0.25) is 0 Å². The quantitative estimate of drug-likeness (QED) is 0.879. The van der Waals surface area contributed by atoms with Crippen LogP contribution in [0.15, 0.2) is 15.0 Å². The average molecular weight is 235 g/mol. The minimum Gasteiger partial charge on any atom is -0.466 e. The topological polar surface area (TPSA) is 78.1 Å². The summed E-state index contributed by atoms with van der Waals surface area (Å²) < 4.78 is 10.6. The van der Waals surface area contributed by atoms with E-state index in [1.807, 2.05) is 26.8 Å². The molecule has 5 heteroatoms. The monoisotopic (exact) mass is 235 g/mol. The molecule has 5 nitrogen and oxygen atoms in total. The van der Waals surface area contributed by atoms with E-state index in [0.717, 1.165) is 23.5 Å². The Morgan fingerprint density at radius 3 is 2.76 bits per heavy atom. The van der Waals surface area contributed by atoms with Crippen LogP contribution >= 0.6 is 0 Å². The second kappa shape index (κ2) is 4.71. The molecule has 0 aliphatic carbocycles. The summed E-state index contributed by atoms with van der Waals surface area (Å²) in [4.78, 5) is 4.32. The molecule has 2 heterocycles. The van der Waals surface area contributed by atoms with E-state index in [0.29, 0.717) is 18.1 Å². The Labute approximate surface area is 100.0 Å². The molecule has 2 rings (SSSR count). The van der Waals surface area contributed by atoms with Gasteiger partial charge in [0.1, 0.15) is 11.5 Å². The van der Waals surface area contributed by atoms with E-state index in [9.17, 15) is 0 Å². The van der Waals surface area contributed by atoms with Gasteiger partial charge in [0.25, 0.3) is 5.89 Å². The van der Waals surface area contributed by atoms with Crippen molar-refractivity contribution in [2.45, 2.75) is 39.7 Å².